The van der Waals surface area contributed by atoms with Gasteiger partial charge in [0.2, 0.25) is 0 Å². The van der Waals surface area contributed by atoms with Crippen LogP contribution in [-0.4, -0.2) is 41.5 Å². The number of carbonyl (C=O) groups is 4. The van der Waals surface area contributed by atoms with E-state index < -0.39 is 29.9 Å². The molecule has 8 heteroatoms. The molecule has 1 aliphatic heterocycles. The number of hydrogen-bond donors (Lipinski definition) is 2. The highest BCUT2D eigenvalue weighted by atomic mass is 16.7. The van der Waals surface area contributed by atoms with Crippen LogP contribution in [0, 0.1) is 0 Å². The number of fused-ring (bicyclic) bond motifs is 1. The van der Waals surface area contributed by atoms with Gasteiger partial charge in [-0.25, -0.2) is 9.59 Å². The van der Waals surface area contributed by atoms with Gasteiger partial charge in [-0.1, -0.05) is 37.0 Å². The van der Waals surface area contributed by atoms with Gasteiger partial charge in [-0.3, -0.25) is 9.59 Å². The summed E-state index contributed by atoms with van der Waals surface area (Å²) in [5.41, 5.74) is 0.365. The number of nitrogens with one attached hydrogen (secondary N) is 2. The van der Waals surface area contributed by atoms with Crippen LogP contribution in [0.1, 0.15) is 53.8 Å². The highest BCUT2D eigenvalue weighted by Gasteiger charge is 2.39. The van der Waals surface area contributed by atoms with E-state index in [9.17, 15) is 19.2 Å². The van der Waals surface area contributed by atoms with Crippen molar-refractivity contribution in [3.63, 3.8) is 0 Å². The Morgan fingerprint density at radius 2 is 1.72 bits per heavy atom. The van der Waals surface area contributed by atoms with Crippen LogP contribution in [0.15, 0.2) is 24.3 Å². The molecule has 25 heavy (non-hydrogen) atoms. The average Bonchev–Trinajstić information content (AvgIpc) is 2.84. The Hall–Kier alpha value is -2.90. The summed E-state index contributed by atoms with van der Waals surface area (Å²) in [5.74, 6) is -2.24. The Morgan fingerprint density at radius 1 is 1.12 bits per heavy atom. The highest BCUT2D eigenvalue weighted by molar-refractivity contribution is 6.20. The van der Waals surface area contributed by atoms with E-state index in [2.05, 4.69) is 10.6 Å². The summed E-state index contributed by atoms with van der Waals surface area (Å²) < 4.78 is 0. The maximum absolute atomic E-state index is 12.4. The Kier molecular flexibility index (Phi) is 6.10. The lowest BCUT2D eigenvalue weighted by Crippen LogP contribution is -2.48. The first-order valence-electron chi connectivity index (χ1n) is 8.23. The third-order valence-corrected chi connectivity index (χ3v) is 3.71. The van der Waals surface area contributed by atoms with Crippen LogP contribution in [-0.2, 0) is 9.63 Å². The molecule has 1 aliphatic rings. The van der Waals surface area contributed by atoms with Gasteiger partial charge in [-0.15, -0.1) is 0 Å². The number of hydroxylamine groups is 2. The van der Waals surface area contributed by atoms with Gasteiger partial charge in [0, 0.05) is 6.54 Å². The second kappa shape index (κ2) is 8.27. The summed E-state index contributed by atoms with van der Waals surface area (Å²) in [6.45, 7) is 4.09. The van der Waals surface area contributed by atoms with Crippen LogP contribution < -0.4 is 10.6 Å². The summed E-state index contributed by atoms with van der Waals surface area (Å²) in [6.07, 6.45) is 1.83. The van der Waals surface area contributed by atoms with Crippen molar-refractivity contribution in [2.24, 2.45) is 0 Å². The molecular formula is C17H21N3O5. The predicted octanol–water partition coefficient (Wildman–Crippen LogP) is 1.62. The van der Waals surface area contributed by atoms with Gasteiger partial charge in [0.15, 0.2) is 0 Å². The molecular weight excluding hydrogens is 326 g/mol. The Bertz CT molecular complexity index is 654. The molecule has 0 aliphatic carbocycles. The first-order chi connectivity index (χ1) is 12.0. The zero-order valence-electron chi connectivity index (χ0n) is 14.2. The van der Waals surface area contributed by atoms with E-state index >= 15 is 0 Å². The normalized spacial score (nSPS) is 14.1. The minimum Gasteiger partial charge on any atom is -0.338 e. The van der Waals surface area contributed by atoms with Gasteiger partial charge >= 0.3 is 12.0 Å². The summed E-state index contributed by atoms with van der Waals surface area (Å²) in [7, 11) is 0. The molecule has 0 fully saturated rings. The SMILES string of the molecule is CCCCC(NC(=O)NCC)C(=O)ON1C(=O)c2ccccc2C1=O. The van der Waals surface area contributed by atoms with Crippen molar-refractivity contribution in [3.8, 4) is 0 Å². The molecule has 0 radical (unpaired) electrons. The van der Waals surface area contributed by atoms with Gasteiger partial charge in [0.1, 0.15) is 6.04 Å². The zero-order chi connectivity index (χ0) is 18.4. The molecule has 0 aromatic heterocycles. The van der Waals surface area contributed by atoms with Crippen LogP contribution in [0.5, 0.6) is 0 Å². The maximum Gasteiger partial charge on any atom is 0.355 e. The number of rotatable bonds is 7. The largest absolute Gasteiger partial charge is 0.355 e. The van der Waals surface area contributed by atoms with Gasteiger partial charge in [0.25, 0.3) is 11.8 Å². The molecule has 2 N–H and O–H groups in total. The number of imide groups is 1. The fourth-order valence-electron chi connectivity index (χ4n) is 2.43. The smallest absolute Gasteiger partial charge is 0.338 e. The third kappa shape index (κ3) is 4.14. The molecule has 134 valence electrons. The lowest BCUT2D eigenvalue weighted by molar-refractivity contribution is -0.171. The number of nitrogens with zero attached hydrogens (tertiary/aromatic N) is 1. The highest BCUT2D eigenvalue weighted by Crippen LogP contribution is 2.23. The van der Waals surface area contributed by atoms with Crippen molar-refractivity contribution in [3.05, 3.63) is 35.4 Å². The number of carbonyl (C=O) groups excluding carboxylic acids is 4. The number of unbranched alkanes of at least 4 members (excludes halogenated alkanes) is 1. The minimum absolute atomic E-state index is 0.182. The number of hydrogen-bond acceptors (Lipinski definition) is 5. The molecule has 0 bridgehead atoms. The van der Waals surface area contributed by atoms with Crippen molar-refractivity contribution in [1.82, 2.24) is 15.7 Å². The standard InChI is InChI=1S/C17H21N3O5/c1-3-5-10-13(19-17(24)18-4-2)16(23)25-20-14(21)11-8-6-7-9-12(11)15(20)22/h6-9,13H,3-5,10H2,1-2H3,(H2,18,19,24). The van der Waals surface area contributed by atoms with Crippen LogP contribution in [0.25, 0.3) is 0 Å². The van der Waals surface area contributed by atoms with Crippen molar-refractivity contribution in [2.45, 2.75) is 39.2 Å². The molecule has 1 heterocycles. The molecule has 1 unspecified atom stereocenters. The molecule has 1 aromatic carbocycles. The summed E-state index contributed by atoms with van der Waals surface area (Å²) in [4.78, 5) is 53.5. The molecule has 0 saturated carbocycles. The van der Waals surface area contributed by atoms with Crippen molar-refractivity contribution in [2.75, 3.05) is 6.54 Å². The van der Waals surface area contributed by atoms with Crippen molar-refractivity contribution < 1.29 is 24.0 Å². The predicted molar refractivity (Wildman–Crippen MR) is 88.6 cm³/mol. The van der Waals surface area contributed by atoms with Gasteiger partial charge in [-0.2, -0.15) is 0 Å². The van der Waals surface area contributed by atoms with Gasteiger partial charge < -0.3 is 15.5 Å². The van der Waals surface area contributed by atoms with Gasteiger partial charge in [-0.05, 0) is 25.5 Å². The Balaban J connectivity index is 2.08. The van der Waals surface area contributed by atoms with Crippen molar-refractivity contribution >= 4 is 23.8 Å². The van der Waals surface area contributed by atoms with Crippen LogP contribution in [0.3, 0.4) is 0 Å². The van der Waals surface area contributed by atoms with Crippen LogP contribution in [0.2, 0.25) is 0 Å². The minimum atomic E-state index is -0.948. The quantitative estimate of drug-likeness (QED) is 0.729. The lowest BCUT2D eigenvalue weighted by Gasteiger charge is -2.20. The van der Waals surface area contributed by atoms with E-state index in [0.717, 1.165) is 6.42 Å². The first kappa shape index (κ1) is 18.4. The molecule has 0 saturated heterocycles. The van der Waals surface area contributed by atoms with Crippen LogP contribution >= 0.6 is 0 Å². The van der Waals surface area contributed by atoms with E-state index in [1.807, 2.05) is 6.92 Å². The summed E-state index contributed by atoms with van der Waals surface area (Å²) in [5, 5.41) is 5.48. The second-order valence-corrected chi connectivity index (χ2v) is 5.56. The third-order valence-electron chi connectivity index (χ3n) is 3.71. The topological polar surface area (TPSA) is 105 Å². The average molecular weight is 347 g/mol. The lowest BCUT2D eigenvalue weighted by atomic mass is 10.1. The fourth-order valence-corrected chi connectivity index (χ4v) is 2.43. The Morgan fingerprint density at radius 3 is 2.24 bits per heavy atom. The van der Waals surface area contributed by atoms with Crippen LogP contribution in [0.4, 0.5) is 4.79 Å². The van der Waals surface area contributed by atoms with E-state index in [-0.39, 0.29) is 11.1 Å². The second-order valence-electron chi connectivity index (χ2n) is 5.56. The molecule has 0 spiro atoms. The molecule has 1 aromatic rings. The van der Waals surface area contributed by atoms with E-state index in [4.69, 9.17) is 4.84 Å². The maximum atomic E-state index is 12.4. The monoisotopic (exact) mass is 347 g/mol. The van der Waals surface area contributed by atoms with E-state index in [1.165, 1.54) is 12.1 Å². The summed E-state index contributed by atoms with van der Waals surface area (Å²) in [6, 6.07) is 4.76. The zero-order valence-corrected chi connectivity index (χ0v) is 14.2. The summed E-state index contributed by atoms with van der Waals surface area (Å²) >= 11 is 0. The Labute approximate surface area is 145 Å². The molecule has 2 rings (SSSR count). The first-order valence-corrected chi connectivity index (χ1v) is 8.23. The number of amides is 4. The molecule has 1 atom stereocenters. The van der Waals surface area contributed by atoms with Crippen molar-refractivity contribution in [1.29, 1.82) is 0 Å². The van der Waals surface area contributed by atoms with Gasteiger partial charge in [0.05, 0.1) is 11.1 Å². The molecule has 8 nitrogen and oxygen atoms in total. The number of urea groups is 1. The molecule has 4 amide bonds. The van der Waals surface area contributed by atoms with E-state index in [0.29, 0.717) is 24.4 Å². The fraction of sp³-hybridized carbons (Fsp3) is 0.412. The number of benzene rings is 1. The van der Waals surface area contributed by atoms with E-state index in [1.54, 1.807) is 19.1 Å².